The highest BCUT2D eigenvalue weighted by atomic mass is 31.1. The molecule has 0 saturated carbocycles. The van der Waals surface area contributed by atoms with Crippen LogP contribution in [0.5, 0.6) is 23.0 Å². The summed E-state index contributed by atoms with van der Waals surface area (Å²) < 4.78 is 37.7. The Balaban J connectivity index is 2.18. The minimum atomic E-state index is -0.258. The summed E-state index contributed by atoms with van der Waals surface area (Å²) in [5.74, 6) is 2.14. The maximum Gasteiger partial charge on any atom is 0.197 e. The summed E-state index contributed by atoms with van der Waals surface area (Å²) in [6.45, 7) is 0. The summed E-state index contributed by atoms with van der Waals surface area (Å²) in [4.78, 5) is 12.7. The van der Waals surface area contributed by atoms with Crippen LogP contribution in [0.3, 0.4) is 0 Å². The van der Waals surface area contributed by atoms with Gasteiger partial charge in [-0.3, -0.25) is 9.36 Å². The minimum Gasteiger partial charge on any atom is -0.496 e. The van der Waals surface area contributed by atoms with Gasteiger partial charge >= 0.3 is 0 Å². The smallest absolute Gasteiger partial charge is 0.197 e. The number of ether oxygens (including phenoxy) is 4. The molecule has 3 rings (SSSR count). The largest absolute Gasteiger partial charge is 0.496 e. The molecule has 1 aromatic heterocycles. The van der Waals surface area contributed by atoms with E-state index >= 15 is 0 Å². The van der Waals surface area contributed by atoms with E-state index in [1.807, 2.05) is 0 Å². The van der Waals surface area contributed by atoms with Crippen molar-refractivity contribution >= 4 is 19.4 Å². The molecule has 0 unspecified atom stereocenters. The number of hydrogen-bond donors (Lipinski definition) is 0. The van der Waals surface area contributed by atoms with Crippen LogP contribution in [-0.2, 0) is 4.57 Å². The number of methoxy groups -OCH3 is 3. The fraction of sp³-hybridized carbons (Fsp3) is 0.211. The molecule has 0 amide bonds. The number of rotatable bonds is 7. The van der Waals surface area contributed by atoms with Crippen LogP contribution < -0.4 is 24.4 Å². The van der Waals surface area contributed by atoms with Gasteiger partial charge in [0.1, 0.15) is 28.2 Å². The lowest BCUT2D eigenvalue weighted by atomic mass is 10.1. The van der Waals surface area contributed by atoms with E-state index < -0.39 is 0 Å². The first-order valence-electron chi connectivity index (χ1n) is 7.91. The average Bonchev–Trinajstić information content (AvgIpc) is 2.70. The molecule has 8 heteroatoms. The summed E-state index contributed by atoms with van der Waals surface area (Å²) >= 11 is 0. The lowest BCUT2D eigenvalue weighted by Crippen LogP contribution is -2.03. The van der Waals surface area contributed by atoms with Crippen LogP contribution in [0.4, 0.5) is 0 Å². The van der Waals surface area contributed by atoms with Gasteiger partial charge in [0.05, 0.1) is 21.3 Å². The van der Waals surface area contributed by atoms with E-state index in [-0.39, 0.29) is 20.2 Å². The molecule has 0 N–H and O–H groups in total. The molecule has 0 saturated heterocycles. The van der Waals surface area contributed by atoms with E-state index in [1.54, 1.807) is 37.4 Å². The average molecular weight is 388 g/mol. The fourth-order valence-corrected chi connectivity index (χ4v) is 2.91. The Morgan fingerprint density at radius 3 is 2.33 bits per heavy atom. The Bertz CT molecular complexity index is 1040. The summed E-state index contributed by atoms with van der Waals surface area (Å²) in [7, 11) is 4.37. The maximum atomic E-state index is 12.7. The molecule has 0 fully saturated rings. The molecular weight excluding hydrogens is 371 g/mol. The van der Waals surface area contributed by atoms with Gasteiger partial charge in [-0.05, 0) is 18.2 Å². The highest BCUT2D eigenvalue weighted by Crippen LogP contribution is 2.35. The van der Waals surface area contributed by atoms with Gasteiger partial charge in [-0.1, -0.05) is 0 Å². The number of fused-ring (bicyclic) bond motifs is 1. The summed E-state index contributed by atoms with van der Waals surface area (Å²) in [6.07, 6.45) is -0.0196. The lowest BCUT2D eigenvalue weighted by molar-refractivity contribution is 0.355. The van der Waals surface area contributed by atoms with Gasteiger partial charge < -0.3 is 23.4 Å². The molecule has 7 nitrogen and oxygen atoms in total. The summed E-state index contributed by atoms with van der Waals surface area (Å²) in [5.41, 5.74) is 0.686. The Morgan fingerprint density at radius 2 is 1.67 bits per heavy atom. The molecular formula is C19H17O7P. The van der Waals surface area contributed by atoms with Crippen molar-refractivity contribution in [1.29, 1.82) is 0 Å². The second-order valence-corrected chi connectivity index (χ2v) is 5.96. The second kappa shape index (κ2) is 8.10. The molecule has 0 radical (unpaired) electrons. The Kier molecular flexibility index (Phi) is 5.62. The van der Waals surface area contributed by atoms with Crippen LogP contribution in [0.25, 0.3) is 22.3 Å². The Morgan fingerprint density at radius 1 is 0.926 bits per heavy atom. The zero-order chi connectivity index (χ0) is 19.4. The zero-order valence-electron chi connectivity index (χ0n) is 15.0. The third-order valence-corrected chi connectivity index (χ3v) is 4.17. The van der Waals surface area contributed by atoms with Crippen molar-refractivity contribution in [3.63, 3.8) is 0 Å². The van der Waals surface area contributed by atoms with Crippen molar-refractivity contribution < 1.29 is 27.9 Å². The highest BCUT2D eigenvalue weighted by Gasteiger charge is 2.15. The molecule has 2 aromatic carbocycles. The topological polar surface area (TPSA) is 84.2 Å². The van der Waals surface area contributed by atoms with E-state index in [2.05, 4.69) is 0 Å². The summed E-state index contributed by atoms with van der Waals surface area (Å²) in [6, 6.07) is 9.72. The predicted molar refractivity (Wildman–Crippen MR) is 101 cm³/mol. The second-order valence-electron chi connectivity index (χ2n) is 5.45. The lowest BCUT2D eigenvalue weighted by Gasteiger charge is -2.11. The zero-order valence-corrected chi connectivity index (χ0v) is 15.9. The standard InChI is InChI=1S/C19H17O7P/c1-22-14-5-4-11(6-16(14)23-2)15-9-13(20)19-17(24-3)7-12(25-10-27-21)8-18(19)26-15/h4-9H,10H2,1-3H3. The SMILES string of the molecule is COc1ccc(-c2cc(=O)c3c(OC)cc(OCP=O)cc3o2)cc1OC. The van der Waals surface area contributed by atoms with Crippen molar-refractivity contribution in [3.05, 3.63) is 46.6 Å². The molecule has 0 atom stereocenters. The molecule has 0 aliphatic carbocycles. The molecule has 3 aromatic rings. The molecule has 0 bridgehead atoms. The van der Waals surface area contributed by atoms with E-state index in [9.17, 15) is 9.36 Å². The minimum absolute atomic E-state index is 0.0196. The number of hydrogen-bond acceptors (Lipinski definition) is 7. The van der Waals surface area contributed by atoms with E-state index in [4.69, 9.17) is 23.4 Å². The quantitative estimate of drug-likeness (QED) is 0.563. The molecule has 1 heterocycles. The third-order valence-electron chi connectivity index (χ3n) is 3.94. The summed E-state index contributed by atoms with van der Waals surface area (Å²) in [5, 5.41) is 0.300. The van der Waals surface area contributed by atoms with Gasteiger partial charge in [0.2, 0.25) is 0 Å². The van der Waals surface area contributed by atoms with Crippen LogP contribution in [0.2, 0.25) is 0 Å². The van der Waals surface area contributed by atoms with Crippen LogP contribution in [0.1, 0.15) is 0 Å². The van der Waals surface area contributed by atoms with Crippen molar-refractivity contribution in [1.82, 2.24) is 0 Å². The van der Waals surface area contributed by atoms with Gasteiger partial charge in [0.25, 0.3) is 0 Å². The van der Waals surface area contributed by atoms with Gasteiger partial charge in [0, 0.05) is 23.8 Å². The normalized spacial score (nSPS) is 10.8. The molecule has 27 heavy (non-hydrogen) atoms. The maximum absolute atomic E-state index is 12.7. The van der Waals surface area contributed by atoms with E-state index in [0.717, 1.165) is 0 Å². The van der Waals surface area contributed by atoms with Gasteiger partial charge in [-0.25, -0.2) is 0 Å². The molecule has 140 valence electrons. The third kappa shape index (κ3) is 3.73. The first-order chi connectivity index (χ1) is 13.1. The van der Waals surface area contributed by atoms with E-state index in [1.165, 1.54) is 20.3 Å². The van der Waals surface area contributed by atoms with Gasteiger partial charge in [0.15, 0.2) is 31.7 Å². The molecule has 0 aliphatic rings. The van der Waals surface area contributed by atoms with Crippen LogP contribution in [-0.4, -0.2) is 27.7 Å². The Labute approximate surface area is 156 Å². The highest BCUT2D eigenvalue weighted by molar-refractivity contribution is 7.23. The van der Waals surface area contributed by atoms with Crippen LogP contribution in [0, 0.1) is 0 Å². The van der Waals surface area contributed by atoms with Crippen LogP contribution >= 0.6 is 8.46 Å². The van der Waals surface area contributed by atoms with Crippen LogP contribution in [0.15, 0.2) is 45.6 Å². The number of benzene rings is 2. The van der Waals surface area contributed by atoms with Crippen molar-refractivity contribution in [2.45, 2.75) is 0 Å². The molecule has 0 aliphatic heterocycles. The van der Waals surface area contributed by atoms with Crippen molar-refractivity contribution in [2.24, 2.45) is 0 Å². The molecule has 0 spiro atoms. The van der Waals surface area contributed by atoms with Crippen molar-refractivity contribution in [3.8, 4) is 34.3 Å². The first kappa shape index (κ1) is 18.7. The first-order valence-corrected chi connectivity index (χ1v) is 8.91. The van der Waals surface area contributed by atoms with Gasteiger partial charge in [-0.2, -0.15) is 0 Å². The monoisotopic (exact) mass is 388 g/mol. The Hall–Kier alpha value is -3.05. The van der Waals surface area contributed by atoms with Gasteiger partial charge in [-0.15, -0.1) is 0 Å². The van der Waals surface area contributed by atoms with Crippen molar-refractivity contribution in [2.75, 3.05) is 27.7 Å². The predicted octanol–water partition coefficient (Wildman–Crippen LogP) is 4.11. The van der Waals surface area contributed by atoms with E-state index in [0.29, 0.717) is 45.3 Å². The fourth-order valence-electron chi connectivity index (χ4n) is 2.71.